The molecule has 5 heterocycles. The summed E-state index contributed by atoms with van der Waals surface area (Å²) in [7, 11) is 3.20. The van der Waals surface area contributed by atoms with Crippen LogP contribution in [0.25, 0.3) is 0 Å². The van der Waals surface area contributed by atoms with Crippen LogP contribution in [-0.2, 0) is 17.7 Å². The summed E-state index contributed by atoms with van der Waals surface area (Å²) < 4.78 is 23.4. The van der Waals surface area contributed by atoms with Crippen LogP contribution in [0.3, 0.4) is 0 Å². The van der Waals surface area contributed by atoms with Gasteiger partial charge in [0.05, 0.1) is 33.4 Å². The SMILES string of the molecule is COc1cc(OC)nc(CN2CCC(Nc3ccc4c(c3)Cc3cccc(C5CN(c6cc[nH]c(=O)c6)CCO5)c3O4)CC2)n1. The molecule has 1 atom stereocenters. The van der Waals surface area contributed by atoms with Crippen molar-refractivity contribution < 1.29 is 18.9 Å². The zero-order valence-electron chi connectivity index (χ0n) is 25.6. The Hall–Kier alpha value is -4.61. The van der Waals surface area contributed by atoms with Gasteiger partial charge in [-0.1, -0.05) is 18.2 Å². The number of anilines is 2. The number of pyridine rings is 1. The molecule has 2 N–H and O–H groups in total. The number of para-hydroxylation sites is 1. The van der Waals surface area contributed by atoms with Gasteiger partial charge in [-0.05, 0) is 42.7 Å². The number of fused-ring (bicyclic) bond motifs is 2. The minimum atomic E-state index is -0.154. The normalized spacial score (nSPS) is 18.4. The molecule has 2 fully saturated rings. The van der Waals surface area contributed by atoms with Gasteiger partial charge in [-0.25, -0.2) is 0 Å². The second-order valence-corrected chi connectivity index (χ2v) is 11.7. The lowest BCUT2D eigenvalue weighted by atomic mass is 9.95. The standard InChI is InChI=1S/C34H38N6O5/c1-42-32-19-33(43-2)38-30(37-32)21-39-12-9-24(10-13-39)36-25-6-7-28-23(17-25)16-22-4-3-5-27(34(22)45-28)29-20-40(14-15-44-29)26-8-11-35-31(41)18-26/h3-8,11,17-19,24,29,36H,9-10,12-16,20-21H2,1-2H3,(H,35,41). The van der Waals surface area contributed by atoms with Gasteiger partial charge in [0.1, 0.15) is 23.4 Å². The highest BCUT2D eigenvalue weighted by atomic mass is 16.5. The van der Waals surface area contributed by atoms with E-state index in [1.54, 1.807) is 32.5 Å². The maximum absolute atomic E-state index is 11.9. The minimum Gasteiger partial charge on any atom is -0.481 e. The summed E-state index contributed by atoms with van der Waals surface area (Å²) in [5.41, 5.74) is 5.27. The minimum absolute atomic E-state index is 0.104. The quantitative estimate of drug-likeness (QED) is 0.260. The predicted molar refractivity (Wildman–Crippen MR) is 171 cm³/mol. The van der Waals surface area contributed by atoms with Gasteiger partial charge in [0.15, 0.2) is 0 Å². The number of piperidine rings is 1. The molecule has 2 aromatic heterocycles. The van der Waals surface area contributed by atoms with Crippen molar-refractivity contribution in [2.45, 2.75) is 38.0 Å². The van der Waals surface area contributed by atoms with Crippen LogP contribution in [0.5, 0.6) is 23.3 Å². The van der Waals surface area contributed by atoms with Crippen molar-refractivity contribution in [3.8, 4) is 23.3 Å². The maximum atomic E-state index is 11.9. The highest BCUT2D eigenvalue weighted by Gasteiger charge is 2.29. The summed E-state index contributed by atoms with van der Waals surface area (Å²) in [6.07, 6.45) is 4.38. The summed E-state index contributed by atoms with van der Waals surface area (Å²) in [6, 6.07) is 18.4. The molecule has 2 aromatic carbocycles. The number of nitrogens with zero attached hydrogens (tertiary/aromatic N) is 4. The Morgan fingerprint density at radius 2 is 1.80 bits per heavy atom. The van der Waals surface area contributed by atoms with Crippen molar-refractivity contribution in [3.05, 3.63) is 93.7 Å². The molecule has 0 aliphatic carbocycles. The van der Waals surface area contributed by atoms with Crippen molar-refractivity contribution in [3.63, 3.8) is 0 Å². The molecular weight excluding hydrogens is 572 g/mol. The van der Waals surface area contributed by atoms with Crippen LogP contribution in [-0.4, -0.2) is 72.9 Å². The van der Waals surface area contributed by atoms with Crippen LogP contribution in [0.2, 0.25) is 0 Å². The lowest BCUT2D eigenvalue weighted by Crippen LogP contribution is -2.39. The molecular formula is C34H38N6O5. The van der Waals surface area contributed by atoms with E-state index in [-0.39, 0.29) is 11.7 Å². The highest BCUT2D eigenvalue weighted by molar-refractivity contribution is 5.59. The van der Waals surface area contributed by atoms with Crippen LogP contribution >= 0.6 is 0 Å². The van der Waals surface area contributed by atoms with E-state index in [4.69, 9.17) is 18.9 Å². The average molecular weight is 611 g/mol. The van der Waals surface area contributed by atoms with Crippen molar-refractivity contribution in [1.82, 2.24) is 19.9 Å². The molecule has 0 bridgehead atoms. The molecule has 11 heteroatoms. The summed E-state index contributed by atoms with van der Waals surface area (Å²) in [4.78, 5) is 28.1. The number of hydrogen-bond acceptors (Lipinski definition) is 10. The number of nitrogens with one attached hydrogen (secondary N) is 2. The van der Waals surface area contributed by atoms with Crippen LogP contribution < -0.4 is 30.0 Å². The third-order valence-corrected chi connectivity index (χ3v) is 8.78. The lowest BCUT2D eigenvalue weighted by molar-refractivity contribution is 0.0384. The first-order valence-corrected chi connectivity index (χ1v) is 15.5. The summed E-state index contributed by atoms with van der Waals surface area (Å²) in [6.45, 7) is 4.53. The number of rotatable bonds is 8. The largest absolute Gasteiger partial charge is 0.481 e. The molecule has 0 spiro atoms. The van der Waals surface area contributed by atoms with Gasteiger partial charge in [0.2, 0.25) is 17.3 Å². The van der Waals surface area contributed by atoms with E-state index in [0.29, 0.717) is 43.3 Å². The summed E-state index contributed by atoms with van der Waals surface area (Å²) in [5, 5.41) is 3.76. The number of likely N-dealkylation sites (tertiary alicyclic amines) is 1. The Bertz CT molecular complexity index is 1700. The van der Waals surface area contributed by atoms with Crippen molar-refractivity contribution >= 4 is 11.4 Å². The van der Waals surface area contributed by atoms with Crippen LogP contribution in [0.4, 0.5) is 11.4 Å². The Kier molecular flexibility index (Phi) is 8.27. The molecule has 7 rings (SSSR count). The molecule has 3 aliphatic rings. The fourth-order valence-electron chi connectivity index (χ4n) is 6.45. The van der Waals surface area contributed by atoms with E-state index >= 15 is 0 Å². The molecule has 4 aromatic rings. The molecule has 0 radical (unpaired) electrons. The van der Waals surface area contributed by atoms with Gasteiger partial charge in [-0.2, -0.15) is 9.97 Å². The van der Waals surface area contributed by atoms with E-state index in [0.717, 1.165) is 72.9 Å². The number of aromatic nitrogens is 3. The second-order valence-electron chi connectivity index (χ2n) is 11.7. The van der Waals surface area contributed by atoms with E-state index in [9.17, 15) is 4.79 Å². The first-order chi connectivity index (χ1) is 22.0. The monoisotopic (exact) mass is 610 g/mol. The molecule has 45 heavy (non-hydrogen) atoms. The lowest BCUT2D eigenvalue weighted by Gasteiger charge is -2.36. The first-order valence-electron chi connectivity index (χ1n) is 15.5. The Balaban J connectivity index is 0.982. The van der Waals surface area contributed by atoms with Crippen molar-refractivity contribution in [2.75, 3.05) is 57.2 Å². The van der Waals surface area contributed by atoms with Gasteiger partial charge in [-0.15, -0.1) is 0 Å². The van der Waals surface area contributed by atoms with E-state index in [1.807, 2.05) is 6.07 Å². The van der Waals surface area contributed by atoms with Gasteiger partial charge in [0, 0.05) is 73.4 Å². The van der Waals surface area contributed by atoms with Gasteiger partial charge < -0.3 is 34.1 Å². The number of hydrogen-bond donors (Lipinski definition) is 2. The predicted octanol–water partition coefficient (Wildman–Crippen LogP) is 4.53. The Labute approximate surface area is 262 Å². The number of aromatic amines is 1. The Morgan fingerprint density at radius 3 is 2.58 bits per heavy atom. The van der Waals surface area contributed by atoms with E-state index in [2.05, 4.69) is 66.5 Å². The topological polar surface area (TPSA) is 114 Å². The van der Waals surface area contributed by atoms with E-state index < -0.39 is 0 Å². The molecule has 2 saturated heterocycles. The number of H-pyrrole nitrogens is 1. The van der Waals surface area contributed by atoms with Gasteiger partial charge in [-0.3, -0.25) is 9.69 Å². The van der Waals surface area contributed by atoms with Crippen molar-refractivity contribution in [2.24, 2.45) is 0 Å². The molecule has 3 aliphatic heterocycles. The first kappa shape index (κ1) is 29.1. The van der Waals surface area contributed by atoms with Gasteiger partial charge in [0.25, 0.3) is 0 Å². The van der Waals surface area contributed by atoms with Gasteiger partial charge >= 0.3 is 0 Å². The number of methoxy groups -OCH3 is 2. The fraction of sp³-hybridized carbons (Fsp3) is 0.382. The summed E-state index contributed by atoms with van der Waals surface area (Å²) in [5.74, 6) is 3.50. The number of benzene rings is 2. The van der Waals surface area contributed by atoms with E-state index in [1.165, 1.54) is 5.56 Å². The molecule has 0 amide bonds. The van der Waals surface area contributed by atoms with Crippen LogP contribution in [0.1, 0.15) is 41.5 Å². The molecule has 1 unspecified atom stereocenters. The maximum Gasteiger partial charge on any atom is 0.249 e. The van der Waals surface area contributed by atoms with Crippen LogP contribution in [0, 0.1) is 0 Å². The molecule has 234 valence electrons. The fourth-order valence-corrected chi connectivity index (χ4v) is 6.45. The van der Waals surface area contributed by atoms with Crippen molar-refractivity contribution in [1.29, 1.82) is 0 Å². The summed E-state index contributed by atoms with van der Waals surface area (Å²) >= 11 is 0. The highest BCUT2D eigenvalue weighted by Crippen LogP contribution is 2.43. The number of morpholine rings is 1. The zero-order valence-corrected chi connectivity index (χ0v) is 25.6. The number of ether oxygens (including phenoxy) is 4. The molecule has 11 nitrogen and oxygen atoms in total. The zero-order chi connectivity index (χ0) is 30.8. The smallest absolute Gasteiger partial charge is 0.249 e. The van der Waals surface area contributed by atoms with Crippen LogP contribution in [0.15, 0.2) is 65.6 Å². The molecule has 0 saturated carbocycles. The Morgan fingerprint density at radius 1 is 0.978 bits per heavy atom. The second kappa shape index (κ2) is 12.8. The third kappa shape index (κ3) is 6.45. The average Bonchev–Trinajstić information content (AvgIpc) is 3.08. The third-order valence-electron chi connectivity index (χ3n) is 8.78.